The van der Waals surface area contributed by atoms with Gasteiger partial charge in [0.05, 0.1) is 5.54 Å². The fourth-order valence-corrected chi connectivity index (χ4v) is 2.60. The second-order valence-electron chi connectivity index (χ2n) is 6.47. The van der Waals surface area contributed by atoms with Crippen LogP contribution in [0.2, 0.25) is 0 Å². The summed E-state index contributed by atoms with van der Waals surface area (Å²) in [5.41, 5.74) is 4.92. The third kappa shape index (κ3) is 6.16. The fourth-order valence-electron chi connectivity index (χ4n) is 2.60. The molecule has 0 aromatic heterocycles. The first-order valence-corrected chi connectivity index (χ1v) is 7.52. The number of benzene rings is 1. The Morgan fingerprint density at radius 1 is 1.33 bits per heavy atom. The number of carbonyl (C=O) groups is 1. The van der Waals surface area contributed by atoms with Gasteiger partial charge in [0, 0.05) is 24.7 Å². The number of carbonyl (C=O) groups excluding carboxylic acids is 1. The first-order chi connectivity index (χ1) is 10.3. The number of piperidine rings is 1. The Morgan fingerprint density at radius 2 is 1.92 bits per heavy atom. The predicted molar refractivity (Wildman–Crippen MR) is 95.6 cm³/mol. The zero-order valence-corrected chi connectivity index (χ0v) is 15.5. The summed E-state index contributed by atoms with van der Waals surface area (Å²) < 4.78 is 27.4. The van der Waals surface area contributed by atoms with Gasteiger partial charge in [0.2, 0.25) is 5.91 Å². The lowest BCUT2D eigenvalue weighted by Crippen LogP contribution is -2.55. The van der Waals surface area contributed by atoms with Crippen molar-refractivity contribution in [2.45, 2.75) is 44.8 Å². The molecule has 138 valence electrons. The second-order valence-corrected chi connectivity index (χ2v) is 6.47. The third-order valence-corrected chi connectivity index (χ3v) is 3.87. The number of nitrogens with two attached hydrogens (primary N) is 1. The van der Waals surface area contributed by atoms with E-state index in [1.165, 1.54) is 18.2 Å². The molecule has 1 atom stereocenters. The molecular weight excluding hydrogens is 359 g/mol. The lowest BCUT2D eigenvalue weighted by molar-refractivity contribution is -0.126. The molecule has 1 saturated heterocycles. The Kier molecular flexibility index (Phi) is 9.14. The highest BCUT2D eigenvalue weighted by atomic mass is 35.5. The summed E-state index contributed by atoms with van der Waals surface area (Å²) in [6, 6.07) is 3.84. The van der Waals surface area contributed by atoms with E-state index in [4.69, 9.17) is 5.73 Å². The van der Waals surface area contributed by atoms with E-state index < -0.39 is 17.2 Å². The maximum absolute atomic E-state index is 13.7. The molecule has 1 fully saturated rings. The van der Waals surface area contributed by atoms with Crippen LogP contribution in [0.25, 0.3) is 0 Å². The van der Waals surface area contributed by atoms with Crippen LogP contribution in [-0.4, -0.2) is 35.5 Å². The van der Waals surface area contributed by atoms with Crippen LogP contribution in [0.4, 0.5) is 8.78 Å². The minimum Gasteiger partial charge on any atom is -0.351 e. The van der Waals surface area contributed by atoms with Crippen LogP contribution in [0.3, 0.4) is 0 Å². The number of nitrogens with one attached hydrogen (secondary N) is 1. The molecule has 8 heteroatoms. The average molecular weight is 384 g/mol. The van der Waals surface area contributed by atoms with E-state index in [9.17, 15) is 13.6 Å². The molecular formula is C16H25Cl2F2N3O. The number of halogens is 4. The van der Waals surface area contributed by atoms with Crippen LogP contribution in [0, 0.1) is 11.6 Å². The van der Waals surface area contributed by atoms with Crippen LogP contribution in [0.5, 0.6) is 0 Å². The normalized spacial score (nSPS) is 18.3. The van der Waals surface area contributed by atoms with E-state index in [1.807, 2.05) is 4.90 Å². The van der Waals surface area contributed by atoms with Crippen molar-refractivity contribution in [3.05, 3.63) is 35.4 Å². The Labute approximate surface area is 154 Å². The molecule has 0 radical (unpaired) electrons. The zero-order valence-electron chi connectivity index (χ0n) is 13.9. The topological polar surface area (TPSA) is 58.4 Å². The minimum absolute atomic E-state index is 0. The van der Waals surface area contributed by atoms with Crippen molar-refractivity contribution in [1.29, 1.82) is 0 Å². The van der Waals surface area contributed by atoms with E-state index >= 15 is 0 Å². The lowest BCUT2D eigenvalue weighted by Gasteiger charge is -2.34. The van der Waals surface area contributed by atoms with Crippen LogP contribution in [-0.2, 0) is 11.3 Å². The molecule has 0 spiro atoms. The molecule has 1 aromatic carbocycles. The van der Waals surface area contributed by atoms with Crippen molar-refractivity contribution in [2.24, 2.45) is 5.73 Å². The molecule has 1 amide bonds. The highest BCUT2D eigenvalue weighted by molar-refractivity contribution is 5.86. The molecule has 1 unspecified atom stereocenters. The molecule has 0 bridgehead atoms. The SMILES string of the molecule is CC(C)(N)C(=O)NC1CCCN(Cc2c(F)cccc2F)C1.Cl.Cl. The fraction of sp³-hybridized carbons (Fsp3) is 0.562. The molecule has 1 heterocycles. The van der Waals surface area contributed by atoms with Gasteiger partial charge in [-0.25, -0.2) is 8.78 Å². The highest BCUT2D eigenvalue weighted by Gasteiger charge is 2.28. The highest BCUT2D eigenvalue weighted by Crippen LogP contribution is 2.18. The van der Waals surface area contributed by atoms with E-state index in [-0.39, 0.29) is 48.9 Å². The van der Waals surface area contributed by atoms with Gasteiger partial charge in [-0.15, -0.1) is 24.8 Å². The number of nitrogens with zero attached hydrogens (tertiary/aromatic N) is 1. The molecule has 1 aromatic rings. The third-order valence-electron chi connectivity index (χ3n) is 3.87. The van der Waals surface area contributed by atoms with Crippen molar-refractivity contribution in [3.63, 3.8) is 0 Å². The summed E-state index contributed by atoms with van der Waals surface area (Å²) >= 11 is 0. The number of hydrogen-bond donors (Lipinski definition) is 2. The van der Waals surface area contributed by atoms with Gasteiger partial charge in [-0.05, 0) is 45.4 Å². The van der Waals surface area contributed by atoms with Gasteiger partial charge in [0.25, 0.3) is 0 Å². The summed E-state index contributed by atoms with van der Waals surface area (Å²) in [6.45, 7) is 4.83. The first kappa shape index (κ1) is 23.1. The van der Waals surface area contributed by atoms with Crippen LogP contribution >= 0.6 is 24.8 Å². The van der Waals surface area contributed by atoms with Gasteiger partial charge in [0.15, 0.2) is 0 Å². The predicted octanol–water partition coefficient (Wildman–Crippen LogP) is 2.63. The average Bonchev–Trinajstić information content (AvgIpc) is 2.42. The van der Waals surface area contributed by atoms with E-state index in [2.05, 4.69) is 5.32 Å². The molecule has 2 rings (SSSR count). The van der Waals surface area contributed by atoms with Crippen molar-refractivity contribution < 1.29 is 13.6 Å². The van der Waals surface area contributed by atoms with E-state index in [0.29, 0.717) is 6.54 Å². The van der Waals surface area contributed by atoms with E-state index in [0.717, 1.165) is 19.4 Å². The molecule has 1 aliphatic rings. The summed E-state index contributed by atoms with van der Waals surface area (Å²) in [6.07, 6.45) is 1.71. The van der Waals surface area contributed by atoms with Crippen molar-refractivity contribution in [1.82, 2.24) is 10.2 Å². The van der Waals surface area contributed by atoms with Crippen LogP contribution in [0.15, 0.2) is 18.2 Å². The molecule has 24 heavy (non-hydrogen) atoms. The van der Waals surface area contributed by atoms with Gasteiger partial charge in [-0.1, -0.05) is 6.07 Å². The molecule has 0 aliphatic carbocycles. The van der Waals surface area contributed by atoms with Gasteiger partial charge in [-0.3, -0.25) is 9.69 Å². The maximum Gasteiger partial charge on any atom is 0.239 e. The standard InChI is InChI=1S/C16H23F2N3O.2ClH/c1-16(2,19)15(22)20-11-5-4-8-21(9-11)10-12-13(17)6-3-7-14(12)18;;/h3,6-7,11H,4-5,8-10,19H2,1-2H3,(H,20,22);2*1H. The summed E-state index contributed by atoms with van der Waals surface area (Å²) in [5.74, 6) is -1.28. The number of likely N-dealkylation sites (tertiary alicyclic amines) is 1. The van der Waals surface area contributed by atoms with Crippen LogP contribution in [0.1, 0.15) is 32.3 Å². The van der Waals surface area contributed by atoms with Gasteiger partial charge < -0.3 is 11.1 Å². The number of amides is 1. The molecule has 1 aliphatic heterocycles. The van der Waals surface area contributed by atoms with Crippen LogP contribution < -0.4 is 11.1 Å². The lowest BCUT2D eigenvalue weighted by atomic mass is 10.0. The zero-order chi connectivity index (χ0) is 16.3. The largest absolute Gasteiger partial charge is 0.351 e. The monoisotopic (exact) mass is 383 g/mol. The molecule has 3 N–H and O–H groups in total. The Balaban J connectivity index is 0.00000264. The summed E-state index contributed by atoms with van der Waals surface area (Å²) in [7, 11) is 0. The van der Waals surface area contributed by atoms with Crippen molar-refractivity contribution in [2.75, 3.05) is 13.1 Å². The maximum atomic E-state index is 13.7. The molecule has 4 nitrogen and oxygen atoms in total. The Bertz CT molecular complexity index is 532. The smallest absolute Gasteiger partial charge is 0.239 e. The van der Waals surface area contributed by atoms with Crippen molar-refractivity contribution >= 4 is 30.7 Å². The first-order valence-electron chi connectivity index (χ1n) is 7.52. The molecule has 0 saturated carbocycles. The Hall–Kier alpha value is -0.950. The van der Waals surface area contributed by atoms with Gasteiger partial charge in [-0.2, -0.15) is 0 Å². The number of hydrogen-bond acceptors (Lipinski definition) is 3. The quantitative estimate of drug-likeness (QED) is 0.839. The van der Waals surface area contributed by atoms with E-state index in [1.54, 1.807) is 13.8 Å². The summed E-state index contributed by atoms with van der Waals surface area (Å²) in [5, 5.41) is 2.91. The number of rotatable bonds is 4. The second kappa shape index (κ2) is 9.51. The minimum atomic E-state index is -0.931. The van der Waals surface area contributed by atoms with Crippen molar-refractivity contribution in [3.8, 4) is 0 Å². The Morgan fingerprint density at radius 3 is 2.46 bits per heavy atom. The summed E-state index contributed by atoms with van der Waals surface area (Å²) in [4.78, 5) is 13.9. The van der Waals surface area contributed by atoms with Gasteiger partial charge in [0.1, 0.15) is 11.6 Å². The van der Waals surface area contributed by atoms with Gasteiger partial charge >= 0.3 is 0 Å².